The largest absolute Gasteiger partial charge is 0.195 e. The molecule has 0 unspecified atom stereocenters. The summed E-state index contributed by atoms with van der Waals surface area (Å²) in [4.78, 5) is 7.54. The molecule has 5 heteroatoms. The van der Waals surface area contributed by atoms with Crippen LogP contribution in [0.5, 0.6) is 0 Å². The zero-order valence-corrected chi connectivity index (χ0v) is 8.71. The smallest absolute Gasteiger partial charge is 0.0947 e. The van der Waals surface area contributed by atoms with Crippen molar-refractivity contribution >= 4 is 57.7 Å². The lowest BCUT2D eigenvalue weighted by atomic mass is 10.3. The molecule has 0 aliphatic rings. The molecule has 13 heavy (non-hydrogen) atoms. The highest BCUT2D eigenvalue weighted by molar-refractivity contribution is 7.78. The van der Waals surface area contributed by atoms with Crippen LogP contribution >= 0.6 is 36.0 Å². The molecule has 1 rings (SSSR count). The van der Waals surface area contributed by atoms with Crippen LogP contribution in [0.25, 0.3) is 0 Å². The molecule has 0 saturated heterocycles. The maximum absolute atomic E-state index is 5.81. The van der Waals surface area contributed by atoms with E-state index in [1.165, 1.54) is 0 Å². The number of nitrogens with zero attached hydrogens (tertiary/aromatic N) is 2. The average Bonchev–Trinajstić information content (AvgIpc) is 2.12. The Morgan fingerprint density at radius 2 is 1.85 bits per heavy atom. The third-order valence-corrected chi connectivity index (χ3v) is 1.77. The van der Waals surface area contributed by atoms with Crippen LogP contribution in [0.3, 0.4) is 0 Å². The van der Waals surface area contributed by atoms with Gasteiger partial charge in [0, 0.05) is 0 Å². The minimum Gasteiger partial charge on any atom is -0.195 e. The summed E-state index contributed by atoms with van der Waals surface area (Å²) in [6, 6.07) is 5.03. The minimum atomic E-state index is 0.501. The standard InChI is InChI=1S/C8H3ClN2S2/c9-7-2-1-6(10-4-12)3-8(7)11-5-13/h1-3H. The Bertz CT molecular complexity index is 418. The Morgan fingerprint density at radius 1 is 1.15 bits per heavy atom. The van der Waals surface area contributed by atoms with Crippen molar-refractivity contribution in [3.05, 3.63) is 23.2 Å². The predicted octanol–water partition coefficient (Wildman–Crippen LogP) is 3.81. The van der Waals surface area contributed by atoms with Crippen LogP contribution in [0.1, 0.15) is 0 Å². The highest BCUT2D eigenvalue weighted by atomic mass is 35.5. The Kier molecular flexibility index (Phi) is 3.90. The van der Waals surface area contributed by atoms with Crippen LogP contribution in [0.4, 0.5) is 11.4 Å². The van der Waals surface area contributed by atoms with E-state index < -0.39 is 0 Å². The topological polar surface area (TPSA) is 24.7 Å². The first-order valence-corrected chi connectivity index (χ1v) is 4.42. The molecule has 0 heterocycles. The molecule has 0 atom stereocenters. The maximum atomic E-state index is 5.81. The van der Waals surface area contributed by atoms with Gasteiger partial charge in [0.1, 0.15) is 0 Å². The Labute approximate surface area is 91.0 Å². The van der Waals surface area contributed by atoms with Gasteiger partial charge in [-0.15, -0.1) is 0 Å². The van der Waals surface area contributed by atoms with Crippen LogP contribution < -0.4 is 0 Å². The fourth-order valence-electron chi connectivity index (χ4n) is 0.758. The lowest BCUT2D eigenvalue weighted by molar-refractivity contribution is 1.49. The number of hydrogen-bond donors (Lipinski definition) is 0. The van der Waals surface area contributed by atoms with Crippen molar-refractivity contribution in [2.24, 2.45) is 9.98 Å². The van der Waals surface area contributed by atoms with Crippen LogP contribution in [0.2, 0.25) is 5.02 Å². The van der Waals surface area contributed by atoms with Gasteiger partial charge in [-0.05, 0) is 42.6 Å². The number of rotatable bonds is 2. The summed E-state index contributed by atoms with van der Waals surface area (Å²) in [5.41, 5.74) is 1.17. The summed E-state index contributed by atoms with van der Waals surface area (Å²) in [6.07, 6.45) is 0. The molecule has 1 aromatic carbocycles. The summed E-state index contributed by atoms with van der Waals surface area (Å²) < 4.78 is 0. The van der Waals surface area contributed by atoms with E-state index in [-0.39, 0.29) is 0 Å². The van der Waals surface area contributed by atoms with E-state index in [0.29, 0.717) is 16.4 Å². The van der Waals surface area contributed by atoms with Gasteiger partial charge in [0.15, 0.2) is 0 Å². The minimum absolute atomic E-state index is 0.501. The molecule has 2 nitrogen and oxygen atoms in total. The summed E-state index contributed by atoms with van der Waals surface area (Å²) in [5.74, 6) is 0. The van der Waals surface area contributed by atoms with Crippen molar-refractivity contribution < 1.29 is 0 Å². The Hall–Kier alpha value is -0.890. The fraction of sp³-hybridized carbons (Fsp3) is 0. The second-order valence-electron chi connectivity index (χ2n) is 2.04. The quantitative estimate of drug-likeness (QED) is 0.566. The normalized spacial score (nSPS) is 8.38. The first-order chi connectivity index (χ1) is 6.27. The van der Waals surface area contributed by atoms with Gasteiger partial charge >= 0.3 is 0 Å². The summed E-state index contributed by atoms with van der Waals surface area (Å²) >= 11 is 14.7. The molecule has 0 amide bonds. The van der Waals surface area contributed by atoms with Crippen molar-refractivity contribution in [3.8, 4) is 0 Å². The van der Waals surface area contributed by atoms with Gasteiger partial charge in [0.2, 0.25) is 0 Å². The zero-order valence-electron chi connectivity index (χ0n) is 6.32. The first-order valence-electron chi connectivity index (χ1n) is 3.23. The second-order valence-corrected chi connectivity index (χ2v) is 2.81. The van der Waals surface area contributed by atoms with Gasteiger partial charge in [-0.25, -0.2) is 0 Å². The van der Waals surface area contributed by atoms with Gasteiger partial charge in [0.25, 0.3) is 0 Å². The van der Waals surface area contributed by atoms with E-state index in [1.807, 2.05) is 0 Å². The third-order valence-electron chi connectivity index (χ3n) is 1.27. The first kappa shape index (κ1) is 10.2. The molecule has 0 N–H and O–H groups in total. The number of hydrogen-bond acceptors (Lipinski definition) is 4. The lowest BCUT2D eigenvalue weighted by Crippen LogP contribution is -1.68. The maximum Gasteiger partial charge on any atom is 0.0947 e. The summed E-state index contributed by atoms with van der Waals surface area (Å²) in [5, 5.41) is 4.98. The van der Waals surface area contributed by atoms with E-state index in [4.69, 9.17) is 11.6 Å². The number of halogens is 1. The van der Waals surface area contributed by atoms with Crippen molar-refractivity contribution in [2.45, 2.75) is 0 Å². The van der Waals surface area contributed by atoms with Gasteiger partial charge in [-0.2, -0.15) is 9.98 Å². The Balaban J connectivity index is 3.25. The van der Waals surface area contributed by atoms with Gasteiger partial charge < -0.3 is 0 Å². The molecule has 0 aliphatic carbocycles. The average molecular weight is 227 g/mol. The van der Waals surface area contributed by atoms with Gasteiger partial charge in [0.05, 0.1) is 26.7 Å². The van der Waals surface area contributed by atoms with Crippen molar-refractivity contribution in [1.29, 1.82) is 0 Å². The molecule has 0 aromatic heterocycles. The molecule has 64 valence electrons. The van der Waals surface area contributed by atoms with Crippen LogP contribution in [0, 0.1) is 0 Å². The number of thiocarbonyl (C=S) groups is 2. The highest BCUT2D eigenvalue weighted by Gasteiger charge is 1.98. The fourth-order valence-corrected chi connectivity index (χ4v) is 1.12. The molecule has 1 aromatic rings. The molecular weight excluding hydrogens is 224 g/mol. The van der Waals surface area contributed by atoms with E-state index in [2.05, 4.69) is 44.7 Å². The molecule has 0 bridgehead atoms. The SMILES string of the molecule is S=C=Nc1ccc(Cl)c(N=C=S)c1. The van der Waals surface area contributed by atoms with E-state index in [1.54, 1.807) is 18.2 Å². The molecule has 0 fully saturated rings. The van der Waals surface area contributed by atoms with Crippen molar-refractivity contribution in [1.82, 2.24) is 0 Å². The molecular formula is C8H3ClN2S2. The van der Waals surface area contributed by atoms with Gasteiger partial charge in [-0.1, -0.05) is 11.6 Å². The van der Waals surface area contributed by atoms with E-state index >= 15 is 0 Å². The predicted molar refractivity (Wildman–Crippen MR) is 60.8 cm³/mol. The highest BCUT2D eigenvalue weighted by Crippen LogP contribution is 2.28. The molecule has 0 radical (unpaired) electrons. The van der Waals surface area contributed by atoms with Gasteiger partial charge in [-0.3, -0.25) is 0 Å². The van der Waals surface area contributed by atoms with Crippen molar-refractivity contribution in [3.63, 3.8) is 0 Å². The lowest BCUT2D eigenvalue weighted by Gasteiger charge is -1.96. The Morgan fingerprint density at radius 3 is 2.46 bits per heavy atom. The van der Waals surface area contributed by atoms with Crippen LogP contribution in [-0.2, 0) is 0 Å². The molecule has 0 spiro atoms. The molecule has 0 saturated carbocycles. The van der Waals surface area contributed by atoms with E-state index in [0.717, 1.165) is 0 Å². The van der Waals surface area contributed by atoms with Crippen LogP contribution in [0.15, 0.2) is 28.2 Å². The van der Waals surface area contributed by atoms with E-state index in [9.17, 15) is 0 Å². The number of isothiocyanates is 2. The van der Waals surface area contributed by atoms with Crippen molar-refractivity contribution in [2.75, 3.05) is 0 Å². The van der Waals surface area contributed by atoms with Crippen LogP contribution in [-0.4, -0.2) is 10.3 Å². The zero-order chi connectivity index (χ0) is 9.68. The number of aliphatic imine (C=N–C) groups is 2. The summed E-state index contributed by atoms with van der Waals surface area (Å²) in [7, 11) is 0. The second kappa shape index (κ2) is 4.97. The monoisotopic (exact) mass is 226 g/mol. The molecule has 0 aliphatic heterocycles. The summed E-state index contributed by atoms with van der Waals surface area (Å²) in [6.45, 7) is 0. The number of benzene rings is 1. The third kappa shape index (κ3) is 2.81.